The molecule has 3 nitrogen and oxygen atoms in total. The van der Waals surface area contributed by atoms with Gasteiger partial charge in [-0.05, 0) is 31.6 Å². The van der Waals surface area contributed by atoms with Crippen LogP contribution >= 0.6 is 0 Å². The summed E-state index contributed by atoms with van der Waals surface area (Å²) in [5, 5.41) is 0. The van der Waals surface area contributed by atoms with Gasteiger partial charge in [0.1, 0.15) is 0 Å². The minimum Gasteiger partial charge on any atom is -0.760 e. The molecule has 11 heavy (non-hydrogen) atoms. The van der Waals surface area contributed by atoms with E-state index in [0.717, 1.165) is 31.6 Å². The third kappa shape index (κ3) is 3.31. The quantitative estimate of drug-likeness (QED) is 0.637. The van der Waals surface area contributed by atoms with Crippen molar-refractivity contribution in [2.45, 2.75) is 38.6 Å². The molecule has 1 aliphatic rings. The summed E-state index contributed by atoms with van der Waals surface area (Å²) in [5.41, 5.74) is 0. The highest BCUT2D eigenvalue weighted by Gasteiger charge is 2.17. The smallest absolute Gasteiger partial charge is 0.0184 e. The van der Waals surface area contributed by atoms with Crippen LogP contribution in [0.4, 0.5) is 0 Å². The second kappa shape index (κ2) is 4.18. The Hall–Kier alpha value is 0.0700. The number of hydrogen-bond acceptors (Lipinski definition) is 2. The van der Waals surface area contributed by atoms with Gasteiger partial charge in [-0.1, -0.05) is 6.92 Å². The van der Waals surface area contributed by atoms with E-state index in [0.29, 0.717) is 0 Å². The molecule has 66 valence electrons. The maximum Gasteiger partial charge on any atom is 0.0184 e. The van der Waals surface area contributed by atoms with Gasteiger partial charge in [-0.15, -0.1) is 0 Å². The van der Waals surface area contributed by atoms with Crippen LogP contribution in [-0.4, -0.2) is 14.8 Å². The van der Waals surface area contributed by atoms with E-state index in [9.17, 15) is 8.76 Å². The lowest BCUT2D eigenvalue weighted by Gasteiger charge is -2.27. The van der Waals surface area contributed by atoms with Gasteiger partial charge < -0.3 is 4.55 Å². The molecule has 0 aromatic rings. The van der Waals surface area contributed by atoms with Gasteiger partial charge in [0, 0.05) is 17.3 Å². The molecule has 1 saturated carbocycles. The lowest BCUT2D eigenvalue weighted by molar-refractivity contribution is 0.330. The normalized spacial score (nSPS) is 35.1. The van der Waals surface area contributed by atoms with E-state index in [2.05, 4.69) is 11.6 Å². The van der Waals surface area contributed by atoms with Gasteiger partial charge in [0.2, 0.25) is 0 Å². The van der Waals surface area contributed by atoms with Gasteiger partial charge in [0.25, 0.3) is 0 Å². The summed E-state index contributed by atoms with van der Waals surface area (Å²) in [5.74, 6) is 0.771. The summed E-state index contributed by atoms with van der Waals surface area (Å²) in [6.07, 6.45) is 4.29. The molecule has 0 aromatic carbocycles. The number of nitrogens with one attached hydrogen (secondary N) is 1. The molecule has 0 aromatic heterocycles. The predicted octanol–water partition coefficient (Wildman–Crippen LogP) is 0.949. The number of rotatable bonds is 2. The van der Waals surface area contributed by atoms with Crippen LogP contribution in [0.1, 0.15) is 32.6 Å². The molecule has 0 bridgehead atoms. The van der Waals surface area contributed by atoms with E-state index in [1.54, 1.807) is 0 Å². The lowest BCUT2D eigenvalue weighted by atomic mass is 9.88. The Balaban J connectivity index is 2.22. The molecule has 1 fully saturated rings. The average molecular weight is 176 g/mol. The predicted molar refractivity (Wildman–Crippen MR) is 43.5 cm³/mol. The van der Waals surface area contributed by atoms with Crippen LogP contribution < -0.4 is 4.72 Å². The van der Waals surface area contributed by atoms with Crippen LogP contribution in [0, 0.1) is 5.92 Å². The Kier molecular flexibility index (Phi) is 3.48. The molecule has 0 radical (unpaired) electrons. The molecular weight excluding hydrogens is 162 g/mol. The second-order valence-electron chi connectivity index (χ2n) is 3.31. The Morgan fingerprint density at radius 3 is 2.36 bits per heavy atom. The molecule has 1 rings (SSSR count). The molecule has 1 atom stereocenters. The molecule has 0 amide bonds. The minimum atomic E-state index is -2.07. The maximum atomic E-state index is 10.2. The van der Waals surface area contributed by atoms with Crippen LogP contribution in [0.5, 0.6) is 0 Å². The maximum absolute atomic E-state index is 10.2. The standard InChI is InChI=1S/C7H15NO2S/c1-6-2-4-7(5-3-6)8-11(9)10/h6-8H,2-5H2,1H3,(H,9,10)/p-1. The topological polar surface area (TPSA) is 52.2 Å². The first-order chi connectivity index (χ1) is 5.18. The Bertz CT molecular complexity index is 143. The van der Waals surface area contributed by atoms with E-state index in [1.165, 1.54) is 0 Å². The first-order valence-corrected chi connectivity index (χ1v) is 5.11. The van der Waals surface area contributed by atoms with Crippen molar-refractivity contribution in [1.82, 2.24) is 4.72 Å². The largest absolute Gasteiger partial charge is 0.760 e. The fraction of sp³-hybridized carbons (Fsp3) is 1.00. The first kappa shape index (κ1) is 9.16. The molecule has 4 heteroatoms. The summed E-state index contributed by atoms with van der Waals surface area (Å²) in [6, 6.07) is 0.199. The molecule has 1 unspecified atom stereocenters. The molecule has 1 aliphatic carbocycles. The van der Waals surface area contributed by atoms with E-state index in [1.807, 2.05) is 0 Å². The molecule has 0 spiro atoms. The van der Waals surface area contributed by atoms with Gasteiger partial charge in [-0.25, -0.2) is 4.72 Å². The molecular formula is C7H14NO2S-. The lowest BCUT2D eigenvalue weighted by Crippen LogP contribution is -2.33. The van der Waals surface area contributed by atoms with Crippen molar-refractivity contribution in [1.29, 1.82) is 0 Å². The van der Waals surface area contributed by atoms with E-state index in [4.69, 9.17) is 0 Å². The molecule has 0 heterocycles. The van der Waals surface area contributed by atoms with Crippen molar-refractivity contribution < 1.29 is 8.76 Å². The first-order valence-electron chi connectivity index (χ1n) is 4.04. The summed E-state index contributed by atoms with van der Waals surface area (Å²) < 4.78 is 23.0. The van der Waals surface area contributed by atoms with E-state index in [-0.39, 0.29) is 6.04 Å². The van der Waals surface area contributed by atoms with Gasteiger partial charge in [0.15, 0.2) is 0 Å². The highest BCUT2D eigenvalue weighted by Crippen LogP contribution is 2.23. The zero-order chi connectivity index (χ0) is 8.27. The highest BCUT2D eigenvalue weighted by molar-refractivity contribution is 7.77. The molecule has 0 aliphatic heterocycles. The van der Waals surface area contributed by atoms with Gasteiger partial charge in [-0.2, -0.15) is 0 Å². The molecule has 0 saturated heterocycles. The SMILES string of the molecule is CC1CCC(NS(=O)[O-])CC1. The highest BCUT2D eigenvalue weighted by atomic mass is 32.2. The van der Waals surface area contributed by atoms with Crippen LogP contribution in [0.3, 0.4) is 0 Å². The Labute approximate surface area is 70.0 Å². The van der Waals surface area contributed by atoms with Crippen molar-refractivity contribution in [2.24, 2.45) is 5.92 Å². The summed E-state index contributed by atoms with van der Waals surface area (Å²) in [7, 11) is 0. The minimum absolute atomic E-state index is 0.199. The van der Waals surface area contributed by atoms with Crippen LogP contribution in [0.25, 0.3) is 0 Å². The third-order valence-corrected chi connectivity index (χ3v) is 2.80. The Morgan fingerprint density at radius 1 is 1.36 bits per heavy atom. The van der Waals surface area contributed by atoms with Crippen molar-refractivity contribution in [3.63, 3.8) is 0 Å². The summed E-state index contributed by atoms with van der Waals surface area (Å²) in [4.78, 5) is 0. The Morgan fingerprint density at radius 2 is 1.91 bits per heavy atom. The number of hydrogen-bond donors (Lipinski definition) is 1. The zero-order valence-electron chi connectivity index (χ0n) is 6.71. The average Bonchev–Trinajstić information content (AvgIpc) is 1.93. The molecule has 1 N–H and O–H groups in total. The van der Waals surface area contributed by atoms with Gasteiger partial charge in [-0.3, -0.25) is 4.21 Å². The van der Waals surface area contributed by atoms with E-state index < -0.39 is 11.3 Å². The zero-order valence-corrected chi connectivity index (χ0v) is 7.52. The monoisotopic (exact) mass is 176 g/mol. The van der Waals surface area contributed by atoms with Gasteiger partial charge in [0.05, 0.1) is 0 Å². The van der Waals surface area contributed by atoms with Crippen molar-refractivity contribution in [2.75, 3.05) is 0 Å². The van der Waals surface area contributed by atoms with Crippen LogP contribution in [0.15, 0.2) is 0 Å². The van der Waals surface area contributed by atoms with E-state index >= 15 is 0 Å². The summed E-state index contributed by atoms with van der Waals surface area (Å²) >= 11 is -2.07. The second-order valence-corrected chi connectivity index (χ2v) is 4.01. The van der Waals surface area contributed by atoms with Gasteiger partial charge >= 0.3 is 0 Å². The van der Waals surface area contributed by atoms with Crippen molar-refractivity contribution >= 4 is 11.3 Å². The fourth-order valence-electron chi connectivity index (χ4n) is 1.51. The van der Waals surface area contributed by atoms with Crippen LogP contribution in [-0.2, 0) is 11.3 Å². The third-order valence-electron chi connectivity index (χ3n) is 2.28. The summed E-state index contributed by atoms with van der Waals surface area (Å²) in [6.45, 7) is 2.21. The van der Waals surface area contributed by atoms with Crippen molar-refractivity contribution in [3.8, 4) is 0 Å². The van der Waals surface area contributed by atoms with Crippen LogP contribution in [0.2, 0.25) is 0 Å². The fourth-order valence-corrected chi connectivity index (χ4v) is 2.02. The van der Waals surface area contributed by atoms with Crippen molar-refractivity contribution in [3.05, 3.63) is 0 Å².